The fraction of sp³-hybridized carbons (Fsp3) is 0.103. The Labute approximate surface area is 197 Å². The number of benzene rings is 4. The van der Waals surface area contributed by atoms with Gasteiger partial charge in [-0.15, -0.1) is 0 Å². The molecule has 5 aromatic carbocycles. The molecular formula is C29H24N2O3. The minimum Gasteiger partial charge on any atom is -0.502 e. The number of aromatic hydroxyl groups is 1. The van der Waals surface area contributed by atoms with Crippen molar-refractivity contribution < 1.29 is 5.11 Å². The molecule has 0 fully saturated rings. The molecule has 5 nitrogen and oxygen atoms in total. The summed E-state index contributed by atoms with van der Waals surface area (Å²) in [7, 11) is 0. The van der Waals surface area contributed by atoms with Crippen LogP contribution in [0.5, 0.6) is 5.75 Å². The molecule has 0 saturated heterocycles. The summed E-state index contributed by atoms with van der Waals surface area (Å²) < 4.78 is 0. The standard InChI is InChI=1S/C29H24N2O3/c1-2-31(24-17-9-13-19-10-6-7-16-23(19)24)26(20-11-4-3-5-12-20)21-14-8-15-22(18-21)30-25-27(32)29(34)28(25)33/h3-18,26,30,32H,2H2,1H3. The molecular weight excluding hydrogens is 424 g/mol. The summed E-state index contributed by atoms with van der Waals surface area (Å²) in [5, 5.41) is 15.1. The Hall–Kier alpha value is -4.38. The van der Waals surface area contributed by atoms with E-state index in [1.165, 1.54) is 10.8 Å². The van der Waals surface area contributed by atoms with Crippen molar-refractivity contribution in [1.82, 2.24) is 0 Å². The van der Waals surface area contributed by atoms with Gasteiger partial charge in [0.05, 0.1) is 6.04 Å². The van der Waals surface area contributed by atoms with Crippen molar-refractivity contribution in [1.29, 1.82) is 0 Å². The van der Waals surface area contributed by atoms with Crippen molar-refractivity contribution >= 4 is 27.8 Å². The quantitative estimate of drug-likeness (QED) is 0.322. The molecule has 0 amide bonds. The van der Waals surface area contributed by atoms with Gasteiger partial charge in [0.1, 0.15) is 5.69 Å². The van der Waals surface area contributed by atoms with Gasteiger partial charge in [-0.3, -0.25) is 9.59 Å². The maximum Gasteiger partial charge on any atom is 0.271 e. The van der Waals surface area contributed by atoms with Crippen LogP contribution >= 0.6 is 0 Å². The molecule has 0 radical (unpaired) electrons. The highest BCUT2D eigenvalue weighted by Gasteiger charge is 2.24. The molecule has 0 saturated carbocycles. The largest absolute Gasteiger partial charge is 0.502 e. The summed E-state index contributed by atoms with van der Waals surface area (Å²) in [6, 6.07) is 32.6. The Morgan fingerprint density at radius 2 is 1.47 bits per heavy atom. The van der Waals surface area contributed by atoms with E-state index in [0.29, 0.717) is 5.69 Å². The van der Waals surface area contributed by atoms with E-state index in [0.717, 1.165) is 23.4 Å². The summed E-state index contributed by atoms with van der Waals surface area (Å²) in [6.07, 6.45) is 0. The normalized spacial score (nSPS) is 12.0. The maximum absolute atomic E-state index is 11.8. The van der Waals surface area contributed by atoms with Crippen LogP contribution in [0.1, 0.15) is 24.1 Å². The molecule has 1 unspecified atom stereocenters. The number of nitrogens with zero attached hydrogens (tertiary/aromatic N) is 1. The monoisotopic (exact) mass is 448 g/mol. The molecule has 0 aromatic heterocycles. The van der Waals surface area contributed by atoms with Crippen molar-refractivity contribution in [2.24, 2.45) is 0 Å². The van der Waals surface area contributed by atoms with Crippen LogP contribution in [0.15, 0.2) is 107 Å². The first-order valence-electron chi connectivity index (χ1n) is 11.3. The Morgan fingerprint density at radius 3 is 2.24 bits per heavy atom. The van der Waals surface area contributed by atoms with Gasteiger partial charge in [-0.1, -0.05) is 78.9 Å². The summed E-state index contributed by atoms with van der Waals surface area (Å²) in [6.45, 7) is 2.91. The van der Waals surface area contributed by atoms with Gasteiger partial charge in [0.15, 0.2) is 5.75 Å². The smallest absolute Gasteiger partial charge is 0.271 e. The third-order valence-electron chi connectivity index (χ3n) is 6.20. The van der Waals surface area contributed by atoms with Crippen LogP contribution in [0, 0.1) is 0 Å². The molecule has 0 heterocycles. The van der Waals surface area contributed by atoms with Crippen molar-refractivity contribution in [2.75, 3.05) is 16.8 Å². The first kappa shape index (κ1) is 21.5. The predicted molar refractivity (Wildman–Crippen MR) is 138 cm³/mol. The van der Waals surface area contributed by atoms with E-state index in [9.17, 15) is 14.7 Å². The zero-order valence-corrected chi connectivity index (χ0v) is 18.7. The van der Waals surface area contributed by atoms with Gasteiger partial charge < -0.3 is 15.3 Å². The van der Waals surface area contributed by atoms with Crippen molar-refractivity contribution in [3.8, 4) is 5.75 Å². The Bertz CT molecular complexity index is 1530. The van der Waals surface area contributed by atoms with E-state index in [-0.39, 0.29) is 11.7 Å². The number of anilines is 3. The average Bonchev–Trinajstić information content (AvgIpc) is 2.90. The fourth-order valence-corrected chi connectivity index (χ4v) is 4.56. The van der Waals surface area contributed by atoms with E-state index in [2.05, 4.69) is 71.7 Å². The average molecular weight is 449 g/mol. The minimum atomic E-state index is -0.853. The van der Waals surface area contributed by atoms with E-state index in [1.54, 1.807) is 0 Å². The third kappa shape index (κ3) is 3.71. The second kappa shape index (κ2) is 8.87. The van der Waals surface area contributed by atoms with Gasteiger partial charge >= 0.3 is 0 Å². The molecule has 0 aliphatic carbocycles. The van der Waals surface area contributed by atoms with Crippen molar-refractivity contribution in [3.05, 3.63) is 129 Å². The molecule has 2 N–H and O–H groups in total. The molecule has 168 valence electrons. The van der Waals surface area contributed by atoms with Crippen LogP contribution < -0.4 is 21.1 Å². The van der Waals surface area contributed by atoms with E-state index >= 15 is 0 Å². The summed E-state index contributed by atoms with van der Waals surface area (Å²) in [5.41, 5.74) is 2.31. The second-order valence-corrected chi connectivity index (χ2v) is 8.23. The first-order chi connectivity index (χ1) is 16.6. The van der Waals surface area contributed by atoms with Gasteiger partial charge in [0.2, 0.25) is 0 Å². The molecule has 1 atom stereocenters. The molecule has 5 rings (SSSR count). The Kier molecular flexibility index (Phi) is 5.60. The molecule has 0 spiro atoms. The van der Waals surface area contributed by atoms with Gasteiger partial charge in [0, 0.05) is 23.3 Å². The van der Waals surface area contributed by atoms with Crippen LogP contribution in [0.4, 0.5) is 17.1 Å². The number of rotatable bonds is 7. The number of fused-ring (bicyclic) bond motifs is 1. The second-order valence-electron chi connectivity index (χ2n) is 8.23. The molecule has 0 aliphatic heterocycles. The van der Waals surface area contributed by atoms with Crippen LogP contribution in [-0.2, 0) is 0 Å². The predicted octanol–water partition coefficient (Wildman–Crippen LogP) is 5.50. The fourth-order valence-electron chi connectivity index (χ4n) is 4.56. The highest BCUT2D eigenvalue weighted by Crippen LogP contribution is 2.37. The lowest BCUT2D eigenvalue weighted by molar-refractivity contribution is 0.466. The van der Waals surface area contributed by atoms with Gasteiger partial charge in [-0.05, 0) is 41.6 Å². The summed E-state index contributed by atoms with van der Waals surface area (Å²) >= 11 is 0. The Morgan fingerprint density at radius 1 is 0.794 bits per heavy atom. The lowest BCUT2D eigenvalue weighted by atomic mass is 9.95. The SMILES string of the molecule is CCN(c1cccc2ccccc12)C(c1ccccc1)c1cccc(Nc2c(O)c(=O)c2=O)c1. The maximum atomic E-state index is 11.8. The van der Waals surface area contributed by atoms with Crippen molar-refractivity contribution in [2.45, 2.75) is 13.0 Å². The lowest BCUT2D eigenvalue weighted by Crippen LogP contribution is -2.32. The van der Waals surface area contributed by atoms with Gasteiger partial charge in [-0.25, -0.2) is 0 Å². The third-order valence-corrected chi connectivity index (χ3v) is 6.20. The Balaban J connectivity index is 1.62. The van der Waals surface area contributed by atoms with Crippen LogP contribution in [0.25, 0.3) is 10.8 Å². The number of hydrogen-bond acceptors (Lipinski definition) is 5. The molecule has 0 bridgehead atoms. The molecule has 5 aromatic rings. The lowest BCUT2D eigenvalue weighted by Gasteiger charge is -2.35. The molecule has 0 aliphatic rings. The zero-order chi connectivity index (χ0) is 23.7. The van der Waals surface area contributed by atoms with Gasteiger partial charge in [0.25, 0.3) is 10.9 Å². The van der Waals surface area contributed by atoms with Crippen LogP contribution in [0.3, 0.4) is 0 Å². The number of nitrogens with one attached hydrogen (secondary N) is 1. The minimum absolute atomic E-state index is 0.0557. The summed E-state index contributed by atoms with van der Waals surface area (Å²) in [4.78, 5) is 25.6. The van der Waals surface area contributed by atoms with Crippen LogP contribution in [0.2, 0.25) is 0 Å². The van der Waals surface area contributed by atoms with E-state index in [4.69, 9.17) is 0 Å². The molecule has 34 heavy (non-hydrogen) atoms. The van der Waals surface area contributed by atoms with E-state index in [1.807, 2.05) is 42.5 Å². The summed E-state index contributed by atoms with van der Waals surface area (Å²) in [5.74, 6) is -0.513. The number of hydrogen-bond donors (Lipinski definition) is 2. The highest BCUT2D eigenvalue weighted by molar-refractivity contribution is 5.94. The van der Waals surface area contributed by atoms with Crippen LogP contribution in [-0.4, -0.2) is 11.7 Å². The van der Waals surface area contributed by atoms with Gasteiger partial charge in [-0.2, -0.15) is 0 Å². The topological polar surface area (TPSA) is 69.6 Å². The van der Waals surface area contributed by atoms with E-state index < -0.39 is 16.6 Å². The first-order valence-corrected chi connectivity index (χ1v) is 11.3. The van der Waals surface area contributed by atoms with Crippen molar-refractivity contribution in [3.63, 3.8) is 0 Å². The zero-order valence-electron chi connectivity index (χ0n) is 18.7. The highest BCUT2D eigenvalue weighted by atomic mass is 16.3. The molecule has 5 heteroatoms.